The van der Waals surface area contributed by atoms with Gasteiger partial charge in [-0.1, -0.05) is 44.5 Å². The van der Waals surface area contributed by atoms with E-state index in [0.717, 1.165) is 54.9 Å². The highest BCUT2D eigenvalue weighted by Gasteiger charge is 2.22. The standard InChI is InChI=1S/C26H28BrN5O2.C3H8/c1-17-19(7-4-10-23(17)33)16-31-11-5-6-18(15-31)13-28-25-12-22(20-8-2-3-9-24(20)34)30-26-21(27)14-29-32(25)26;1-3-2/h2-4,7-10,12,14,18,28,33-34H,5-6,11,13,15-16H2,1H3;3H2,1-2H3. The molecule has 0 radical (unpaired) electrons. The summed E-state index contributed by atoms with van der Waals surface area (Å²) < 4.78 is 2.60. The Labute approximate surface area is 227 Å². The van der Waals surface area contributed by atoms with Crippen molar-refractivity contribution < 1.29 is 10.2 Å². The zero-order valence-corrected chi connectivity index (χ0v) is 23.4. The number of piperidine rings is 1. The Morgan fingerprint density at radius 1 is 1.08 bits per heavy atom. The third-order valence-electron chi connectivity index (χ3n) is 6.60. The molecular weight excluding hydrogens is 530 g/mol. The molecule has 7 nitrogen and oxygen atoms in total. The molecule has 1 unspecified atom stereocenters. The minimum Gasteiger partial charge on any atom is -0.508 e. The molecular formula is C29H36BrN5O2. The molecule has 1 aliphatic rings. The fourth-order valence-corrected chi connectivity index (χ4v) is 5.03. The molecule has 0 bridgehead atoms. The number of aromatic nitrogens is 3. The van der Waals surface area contributed by atoms with E-state index in [1.807, 2.05) is 31.2 Å². The van der Waals surface area contributed by atoms with Crippen LogP contribution in [0, 0.1) is 12.8 Å². The van der Waals surface area contributed by atoms with Gasteiger partial charge in [-0.3, -0.25) is 4.90 Å². The van der Waals surface area contributed by atoms with Gasteiger partial charge in [-0.15, -0.1) is 0 Å². The van der Waals surface area contributed by atoms with Crippen molar-refractivity contribution in [2.24, 2.45) is 5.92 Å². The van der Waals surface area contributed by atoms with Gasteiger partial charge in [0.2, 0.25) is 0 Å². The molecule has 196 valence electrons. The van der Waals surface area contributed by atoms with Gasteiger partial charge in [0.1, 0.15) is 17.3 Å². The first-order valence-corrected chi connectivity index (χ1v) is 13.8. The van der Waals surface area contributed by atoms with Gasteiger partial charge in [-0.25, -0.2) is 4.98 Å². The van der Waals surface area contributed by atoms with Crippen molar-refractivity contribution in [1.82, 2.24) is 19.5 Å². The lowest BCUT2D eigenvalue weighted by Crippen LogP contribution is -2.37. The number of fused-ring (bicyclic) bond motifs is 1. The van der Waals surface area contributed by atoms with E-state index in [4.69, 9.17) is 4.98 Å². The number of aromatic hydroxyl groups is 2. The number of nitrogens with one attached hydrogen (secondary N) is 1. The number of phenolic OH excluding ortho intramolecular Hbond substituents is 2. The first kappa shape index (κ1) is 26.9. The summed E-state index contributed by atoms with van der Waals surface area (Å²) in [5, 5.41) is 28.5. The van der Waals surface area contributed by atoms with Crippen molar-refractivity contribution in [3.05, 3.63) is 70.3 Å². The lowest BCUT2D eigenvalue weighted by molar-refractivity contribution is 0.173. The smallest absolute Gasteiger partial charge is 0.172 e. The van der Waals surface area contributed by atoms with Gasteiger partial charge in [-0.05, 0) is 77.5 Å². The van der Waals surface area contributed by atoms with Crippen LogP contribution in [0.3, 0.4) is 0 Å². The minimum absolute atomic E-state index is 0.200. The largest absolute Gasteiger partial charge is 0.508 e. The summed E-state index contributed by atoms with van der Waals surface area (Å²) in [5.41, 5.74) is 4.22. The van der Waals surface area contributed by atoms with Crippen LogP contribution in [0.15, 0.2) is 59.2 Å². The van der Waals surface area contributed by atoms with Gasteiger partial charge in [0.05, 0.1) is 16.4 Å². The fraction of sp³-hybridized carbons (Fsp3) is 0.379. The second-order valence-electron chi connectivity index (χ2n) is 9.66. The summed E-state index contributed by atoms with van der Waals surface area (Å²) in [6.45, 7) is 9.94. The van der Waals surface area contributed by atoms with Crippen LogP contribution in [0.1, 0.15) is 44.2 Å². The average Bonchev–Trinajstić information content (AvgIpc) is 3.27. The van der Waals surface area contributed by atoms with E-state index in [-0.39, 0.29) is 5.75 Å². The van der Waals surface area contributed by atoms with Crippen molar-refractivity contribution in [3.8, 4) is 22.8 Å². The molecule has 5 rings (SSSR count). The summed E-state index contributed by atoms with van der Waals surface area (Å²) in [6, 6.07) is 14.9. The molecule has 0 saturated carbocycles. The van der Waals surface area contributed by atoms with E-state index < -0.39 is 0 Å². The zero-order valence-electron chi connectivity index (χ0n) is 21.8. The highest BCUT2D eigenvalue weighted by molar-refractivity contribution is 9.10. The van der Waals surface area contributed by atoms with Crippen molar-refractivity contribution in [2.75, 3.05) is 25.0 Å². The van der Waals surface area contributed by atoms with Crippen LogP contribution in [-0.2, 0) is 6.54 Å². The molecule has 1 saturated heterocycles. The number of para-hydroxylation sites is 1. The summed E-state index contributed by atoms with van der Waals surface area (Å²) in [4.78, 5) is 7.19. The molecule has 2 aromatic heterocycles. The van der Waals surface area contributed by atoms with E-state index >= 15 is 0 Å². The van der Waals surface area contributed by atoms with E-state index in [1.54, 1.807) is 28.9 Å². The third kappa shape index (κ3) is 6.43. The first-order valence-electron chi connectivity index (χ1n) is 13.0. The van der Waals surface area contributed by atoms with Gasteiger partial charge in [0.15, 0.2) is 5.65 Å². The van der Waals surface area contributed by atoms with Gasteiger partial charge in [0.25, 0.3) is 0 Å². The van der Waals surface area contributed by atoms with Crippen LogP contribution < -0.4 is 5.32 Å². The normalized spacial score (nSPS) is 15.8. The molecule has 8 heteroatoms. The molecule has 2 aromatic carbocycles. The number of nitrogens with zero attached hydrogens (tertiary/aromatic N) is 4. The average molecular weight is 567 g/mol. The summed E-state index contributed by atoms with van der Waals surface area (Å²) in [5.74, 6) is 1.89. The second-order valence-corrected chi connectivity index (χ2v) is 10.5. The SMILES string of the molecule is CCC.Cc1c(O)cccc1CN1CCCC(CNc2cc(-c3ccccc3O)nc3c(Br)cnn23)C1. The molecule has 1 aliphatic heterocycles. The minimum atomic E-state index is 0.200. The van der Waals surface area contributed by atoms with Crippen LogP contribution >= 0.6 is 15.9 Å². The number of rotatable bonds is 6. The number of likely N-dealkylation sites (tertiary alicyclic amines) is 1. The molecule has 1 atom stereocenters. The lowest BCUT2D eigenvalue weighted by atomic mass is 9.97. The van der Waals surface area contributed by atoms with Gasteiger partial charge in [-0.2, -0.15) is 9.61 Å². The number of hydrogen-bond acceptors (Lipinski definition) is 6. The Morgan fingerprint density at radius 3 is 2.62 bits per heavy atom. The molecule has 0 amide bonds. The van der Waals surface area contributed by atoms with Crippen molar-refractivity contribution >= 4 is 27.4 Å². The zero-order chi connectivity index (χ0) is 26.4. The third-order valence-corrected chi connectivity index (χ3v) is 7.15. The molecule has 3 heterocycles. The van der Waals surface area contributed by atoms with Crippen LogP contribution in [0.2, 0.25) is 0 Å². The van der Waals surface area contributed by atoms with Crippen molar-refractivity contribution in [2.45, 2.75) is 46.6 Å². The van der Waals surface area contributed by atoms with E-state index in [1.165, 1.54) is 12.0 Å². The van der Waals surface area contributed by atoms with Crippen molar-refractivity contribution in [1.29, 1.82) is 0 Å². The topological polar surface area (TPSA) is 85.9 Å². The molecule has 37 heavy (non-hydrogen) atoms. The van der Waals surface area contributed by atoms with Crippen molar-refractivity contribution in [3.63, 3.8) is 0 Å². The molecule has 1 fully saturated rings. The molecule has 0 spiro atoms. The summed E-state index contributed by atoms with van der Waals surface area (Å²) in [6.07, 6.45) is 5.29. The lowest BCUT2D eigenvalue weighted by Gasteiger charge is -2.33. The number of anilines is 1. The first-order chi connectivity index (χ1) is 17.9. The highest BCUT2D eigenvalue weighted by Crippen LogP contribution is 2.31. The van der Waals surface area contributed by atoms with Gasteiger partial charge in [0, 0.05) is 31.3 Å². The molecule has 0 aliphatic carbocycles. The summed E-state index contributed by atoms with van der Waals surface area (Å²) in [7, 11) is 0. The highest BCUT2D eigenvalue weighted by atomic mass is 79.9. The Bertz CT molecular complexity index is 1340. The van der Waals surface area contributed by atoms with Gasteiger partial charge < -0.3 is 15.5 Å². The van der Waals surface area contributed by atoms with Crippen LogP contribution in [-0.4, -0.2) is 49.3 Å². The van der Waals surface area contributed by atoms with E-state index in [0.29, 0.717) is 28.6 Å². The fourth-order valence-electron chi connectivity index (χ4n) is 4.68. The second kappa shape index (κ2) is 12.4. The summed E-state index contributed by atoms with van der Waals surface area (Å²) >= 11 is 3.54. The van der Waals surface area contributed by atoms with E-state index in [9.17, 15) is 10.2 Å². The van der Waals surface area contributed by atoms with Gasteiger partial charge >= 0.3 is 0 Å². The van der Waals surface area contributed by atoms with Crippen LogP contribution in [0.5, 0.6) is 11.5 Å². The number of phenols is 2. The predicted molar refractivity (Wildman–Crippen MR) is 153 cm³/mol. The Morgan fingerprint density at radius 2 is 1.84 bits per heavy atom. The Kier molecular flexibility index (Phi) is 9.05. The molecule has 3 N–H and O–H groups in total. The molecule has 4 aromatic rings. The number of halogens is 1. The van der Waals surface area contributed by atoms with E-state index in [2.05, 4.69) is 51.2 Å². The predicted octanol–water partition coefficient (Wildman–Crippen LogP) is 6.62. The Balaban J connectivity index is 0.00000102. The van der Waals surface area contributed by atoms with Crippen LogP contribution in [0.4, 0.5) is 5.82 Å². The maximum atomic E-state index is 10.4. The number of benzene rings is 2. The Hall–Kier alpha value is -3.10. The maximum absolute atomic E-state index is 10.4. The maximum Gasteiger partial charge on any atom is 0.172 e. The number of hydrogen-bond donors (Lipinski definition) is 3. The van der Waals surface area contributed by atoms with Crippen LogP contribution in [0.25, 0.3) is 16.9 Å². The monoisotopic (exact) mass is 565 g/mol. The quantitative estimate of drug-likeness (QED) is 0.243.